The van der Waals surface area contributed by atoms with Gasteiger partial charge in [0.15, 0.2) is 0 Å². The monoisotopic (exact) mass is 362 g/mol. The summed E-state index contributed by atoms with van der Waals surface area (Å²) in [5.41, 5.74) is 2.44. The highest BCUT2D eigenvalue weighted by atomic mass is 19.1. The Bertz CT molecular complexity index is 827. The van der Waals surface area contributed by atoms with Crippen LogP contribution in [0, 0.1) is 19.7 Å². The minimum atomic E-state index is -0.523. The minimum Gasteiger partial charge on any atom is -0.459 e. The fourth-order valence-electron chi connectivity index (χ4n) is 2.66. The van der Waals surface area contributed by atoms with Crippen LogP contribution in [-0.2, 0) is 17.9 Å². The Labute approximate surface area is 151 Å². The second-order valence-electron chi connectivity index (χ2n) is 6.35. The summed E-state index contributed by atoms with van der Waals surface area (Å²) >= 11 is 0. The van der Waals surface area contributed by atoms with Crippen LogP contribution >= 0.6 is 0 Å². The van der Waals surface area contributed by atoms with Crippen molar-refractivity contribution in [3.8, 4) is 0 Å². The number of H-pyrrole nitrogens is 1. The molecule has 0 aliphatic carbocycles. The van der Waals surface area contributed by atoms with Gasteiger partial charge in [0.1, 0.15) is 11.5 Å². The van der Waals surface area contributed by atoms with E-state index in [-0.39, 0.29) is 30.5 Å². The number of hydrogen-bond donors (Lipinski definition) is 3. The van der Waals surface area contributed by atoms with E-state index >= 15 is 0 Å². The van der Waals surface area contributed by atoms with E-state index in [9.17, 15) is 14.0 Å². The number of aromatic nitrogens is 1. The number of ether oxygens (including phenoxy) is 1. The molecule has 1 aromatic heterocycles. The number of amides is 1. The number of aryl methyl sites for hydroxylation is 1. The molecule has 6 nitrogen and oxygen atoms in total. The number of carbonyl (C=O) groups excluding carboxylic acids is 2. The van der Waals surface area contributed by atoms with E-state index in [2.05, 4.69) is 10.3 Å². The number of aliphatic hydroxyl groups is 1. The molecule has 0 unspecified atom stereocenters. The Kier molecular flexibility index (Phi) is 6.15. The molecule has 0 radical (unpaired) electrons. The van der Waals surface area contributed by atoms with Gasteiger partial charge in [0.2, 0.25) is 0 Å². The predicted octanol–water partition coefficient (Wildman–Crippen LogP) is 2.76. The first kappa shape index (κ1) is 19.7. The van der Waals surface area contributed by atoms with Gasteiger partial charge in [-0.3, -0.25) is 4.79 Å². The van der Waals surface area contributed by atoms with Crippen LogP contribution in [-0.4, -0.2) is 28.1 Å². The van der Waals surface area contributed by atoms with Gasteiger partial charge in [-0.1, -0.05) is 12.1 Å². The van der Waals surface area contributed by atoms with Crippen LogP contribution in [0.5, 0.6) is 0 Å². The second-order valence-corrected chi connectivity index (χ2v) is 6.35. The Morgan fingerprint density at radius 3 is 2.58 bits per heavy atom. The minimum absolute atomic E-state index is 0.116. The van der Waals surface area contributed by atoms with Crippen LogP contribution in [0.2, 0.25) is 0 Å². The van der Waals surface area contributed by atoms with Crippen molar-refractivity contribution in [1.82, 2.24) is 10.3 Å². The topological polar surface area (TPSA) is 91.4 Å². The van der Waals surface area contributed by atoms with Crippen LogP contribution < -0.4 is 5.32 Å². The Balaban J connectivity index is 2.13. The van der Waals surface area contributed by atoms with E-state index in [1.54, 1.807) is 33.8 Å². The third-order valence-corrected chi connectivity index (χ3v) is 3.95. The maximum atomic E-state index is 13.7. The lowest BCUT2D eigenvalue weighted by Crippen LogP contribution is -2.24. The number of carbonyl (C=O) groups is 2. The van der Waals surface area contributed by atoms with Crippen LogP contribution in [0.15, 0.2) is 18.2 Å². The summed E-state index contributed by atoms with van der Waals surface area (Å²) in [4.78, 5) is 27.5. The predicted molar refractivity (Wildman–Crippen MR) is 94.3 cm³/mol. The summed E-state index contributed by atoms with van der Waals surface area (Å²) < 4.78 is 18.9. The van der Waals surface area contributed by atoms with Gasteiger partial charge in [0.25, 0.3) is 5.91 Å². The van der Waals surface area contributed by atoms with Crippen molar-refractivity contribution >= 4 is 11.9 Å². The smallest absolute Gasteiger partial charge is 0.340 e. The molecule has 2 rings (SSSR count). The van der Waals surface area contributed by atoms with Crippen molar-refractivity contribution in [2.24, 2.45) is 0 Å². The standard InChI is InChI=1S/C19H23FN2O4/c1-10(2)26-19(25)16-11(3)17(22-12(16)4)18(24)21-8-13-5-6-14(9-23)15(20)7-13/h5-7,10,22-23H,8-9H2,1-4H3,(H,21,24). The molecule has 0 fully saturated rings. The molecule has 140 valence electrons. The maximum absolute atomic E-state index is 13.7. The summed E-state index contributed by atoms with van der Waals surface area (Å²) in [5.74, 6) is -1.40. The highest BCUT2D eigenvalue weighted by Crippen LogP contribution is 2.20. The molecule has 0 saturated carbocycles. The molecule has 0 aliphatic rings. The molecule has 2 aromatic rings. The first-order valence-electron chi connectivity index (χ1n) is 8.31. The zero-order valence-corrected chi connectivity index (χ0v) is 15.3. The van der Waals surface area contributed by atoms with Gasteiger partial charge in [-0.2, -0.15) is 0 Å². The fourth-order valence-corrected chi connectivity index (χ4v) is 2.66. The summed E-state index contributed by atoms with van der Waals surface area (Å²) in [7, 11) is 0. The largest absolute Gasteiger partial charge is 0.459 e. The summed E-state index contributed by atoms with van der Waals surface area (Å²) in [6.45, 7) is 6.61. The molecule has 0 atom stereocenters. The molecule has 1 heterocycles. The van der Waals surface area contributed by atoms with Gasteiger partial charge in [-0.25, -0.2) is 9.18 Å². The summed E-state index contributed by atoms with van der Waals surface area (Å²) in [6, 6.07) is 4.37. The number of nitrogens with one attached hydrogen (secondary N) is 2. The van der Waals surface area contributed by atoms with E-state index in [0.29, 0.717) is 22.4 Å². The third kappa shape index (κ3) is 4.29. The number of rotatable bonds is 6. The molecule has 0 saturated heterocycles. The normalized spacial score (nSPS) is 10.9. The van der Waals surface area contributed by atoms with Crippen molar-refractivity contribution in [3.05, 3.63) is 57.7 Å². The van der Waals surface area contributed by atoms with Gasteiger partial charge in [-0.05, 0) is 44.9 Å². The van der Waals surface area contributed by atoms with Crippen molar-refractivity contribution in [2.45, 2.75) is 47.0 Å². The highest BCUT2D eigenvalue weighted by Gasteiger charge is 2.23. The molecule has 0 bridgehead atoms. The van der Waals surface area contributed by atoms with E-state index in [1.807, 2.05) is 0 Å². The molecule has 1 aromatic carbocycles. The molecule has 3 N–H and O–H groups in total. The Hall–Kier alpha value is -2.67. The zero-order chi connectivity index (χ0) is 19.4. The zero-order valence-electron chi connectivity index (χ0n) is 15.3. The highest BCUT2D eigenvalue weighted by molar-refractivity contribution is 6.00. The third-order valence-electron chi connectivity index (χ3n) is 3.95. The second kappa shape index (κ2) is 8.14. The van der Waals surface area contributed by atoms with Gasteiger partial charge in [0.05, 0.1) is 18.3 Å². The molecule has 7 heteroatoms. The van der Waals surface area contributed by atoms with Gasteiger partial charge < -0.3 is 20.1 Å². The van der Waals surface area contributed by atoms with Crippen LogP contribution in [0.25, 0.3) is 0 Å². The molecule has 1 amide bonds. The summed E-state index contributed by atoms with van der Waals surface area (Å²) in [5, 5.41) is 11.7. The molecular weight excluding hydrogens is 339 g/mol. The average Bonchev–Trinajstić information content (AvgIpc) is 2.86. The molecule has 26 heavy (non-hydrogen) atoms. The fraction of sp³-hybridized carbons (Fsp3) is 0.368. The van der Waals surface area contributed by atoms with E-state index in [4.69, 9.17) is 9.84 Å². The maximum Gasteiger partial charge on any atom is 0.340 e. The first-order valence-corrected chi connectivity index (χ1v) is 8.31. The number of aromatic amines is 1. The lowest BCUT2D eigenvalue weighted by Gasteiger charge is -2.09. The molecule has 0 spiro atoms. The van der Waals surface area contributed by atoms with Crippen LogP contribution in [0.1, 0.15) is 57.1 Å². The van der Waals surface area contributed by atoms with Crippen molar-refractivity contribution in [1.29, 1.82) is 0 Å². The van der Waals surface area contributed by atoms with Crippen molar-refractivity contribution < 1.29 is 23.8 Å². The number of hydrogen-bond acceptors (Lipinski definition) is 4. The number of halogens is 1. The van der Waals surface area contributed by atoms with Gasteiger partial charge in [-0.15, -0.1) is 0 Å². The average molecular weight is 362 g/mol. The van der Waals surface area contributed by atoms with Crippen molar-refractivity contribution in [2.75, 3.05) is 0 Å². The summed E-state index contributed by atoms with van der Waals surface area (Å²) in [6.07, 6.45) is -0.259. The SMILES string of the molecule is Cc1[nH]c(C(=O)NCc2ccc(CO)c(F)c2)c(C)c1C(=O)OC(C)C. The lowest BCUT2D eigenvalue weighted by atomic mass is 10.1. The van der Waals surface area contributed by atoms with Gasteiger partial charge >= 0.3 is 5.97 Å². The van der Waals surface area contributed by atoms with Crippen LogP contribution in [0.4, 0.5) is 4.39 Å². The Morgan fingerprint density at radius 2 is 2.00 bits per heavy atom. The quantitative estimate of drug-likeness (QED) is 0.689. The first-order chi connectivity index (χ1) is 12.2. The van der Waals surface area contributed by atoms with E-state index in [0.717, 1.165) is 0 Å². The van der Waals surface area contributed by atoms with Crippen molar-refractivity contribution in [3.63, 3.8) is 0 Å². The van der Waals surface area contributed by atoms with Crippen LogP contribution in [0.3, 0.4) is 0 Å². The number of esters is 1. The van der Waals surface area contributed by atoms with E-state index < -0.39 is 17.7 Å². The Morgan fingerprint density at radius 1 is 1.31 bits per heavy atom. The van der Waals surface area contributed by atoms with Gasteiger partial charge in [0, 0.05) is 17.8 Å². The molecular formula is C19H23FN2O4. The molecule has 0 aliphatic heterocycles. The van der Waals surface area contributed by atoms with E-state index in [1.165, 1.54) is 12.1 Å². The number of aliphatic hydroxyl groups excluding tert-OH is 1. The lowest BCUT2D eigenvalue weighted by molar-refractivity contribution is 0.0376. The number of benzene rings is 1.